The van der Waals surface area contributed by atoms with Crippen molar-refractivity contribution >= 4 is 23.4 Å². The van der Waals surface area contributed by atoms with Crippen molar-refractivity contribution in [2.24, 2.45) is 5.10 Å². The third kappa shape index (κ3) is 4.73. The summed E-state index contributed by atoms with van der Waals surface area (Å²) in [5.41, 5.74) is 2.82. The molecule has 1 atom stereocenters. The molecule has 2 aromatic rings. The maximum absolute atomic E-state index is 12.7. The molecule has 1 aromatic carbocycles. The van der Waals surface area contributed by atoms with Crippen LogP contribution in [0.1, 0.15) is 49.1 Å². The highest BCUT2D eigenvalue weighted by Crippen LogP contribution is 2.33. The van der Waals surface area contributed by atoms with Gasteiger partial charge in [-0.25, -0.2) is 5.01 Å². The minimum atomic E-state index is -0.583. The van der Waals surface area contributed by atoms with E-state index in [9.17, 15) is 14.4 Å². The van der Waals surface area contributed by atoms with Gasteiger partial charge < -0.3 is 13.9 Å². The Hall–Kier alpha value is -3.22. The van der Waals surface area contributed by atoms with Gasteiger partial charge in [0.05, 0.1) is 18.4 Å². The first kappa shape index (κ1) is 19.5. The van der Waals surface area contributed by atoms with Gasteiger partial charge in [0.25, 0.3) is 5.91 Å². The average molecular weight is 382 g/mol. The van der Waals surface area contributed by atoms with E-state index in [-0.39, 0.29) is 18.6 Å². The van der Waals surface area contributed by atoms with Crippen molar-refractivity contribution in [3.63, 3.8) is 0 Å². The number of nitrogens with zero attached hydrogens (tertiary/aromatic N) is 2. The fraction of sp³-hybridized carbons (Fsp3) is 0.333. The highest BCUT2D eigenvalue weighted by atomic mass is 16.5. The molecule has 146 valence electrons. The molecule has 1 aromatic heterocycles. The SMILES string of the molecule is CC(=O)CCC(=O)OCC(=O)N1N=C(c2ccc(C)cc2)C[C@@H]1c1ccco1. The molecule has 1 amide bonds. The lowest BCUT2D eigenvalue weighted by Crippen LogP contribution is -2.31. The van der Waals surface area contributed by atoms with Gasteiger partial charge >= 0.3 is 5.97 Å². The Balaban J connectivity index is 1.72. The van der Waals surface area contributed by atoms with Crippen molar-refractivity contribution in [1.29, 1.82) is 0 Å². The third-order valence-electron chi connectivity index (χ3n) is 4.46. The van der Waals surface area contributed by atoms with Crippen LogP contribution in [0.15, 0.2) is 52.2 Å². The van der Waals surface area contributed by atoms with Gasteiger partial charge in [-0.2, -0.15) is 5.10 Å². The monoisotopic (exact) mass is 382 g/mol. The summed E-state index contributed by atoms with van der Waals surface area (Å²) >= 11 is 0. The van der Waals surface area contributed by atoms with Gasteiger partial charge in [0.15, 0.2) is 6.61 Å². The fourth-order valence-electron chi connectivity index (χ4n) is 2.92. The fourth-order valence-corrected chi connectivity index (χ4v) is 2.92. The second-order valence-corrected chi connectivity index (χ2v) is 6.75. The zero-order valence-electron chi connectivity index (χ0n) is 15.9. The van der Waals surface area contributed by atoms with E-state index in [2.05, 4.69) is 5.10 Å². The first-order valence-corrected chi connectivity index (χ1v) is 9.09. The number of ether oxygens (including phenoxy) is 1. The summed E-state index contributed by atoms with van der Waals surface area (Å²) in [6, 6.07) is 11.0. The second-order valence-electron chi connectivity index (χ2n) is 6.75. The minimum absolute atomic E-state index is 0.0396. The van der Waals surface area contributed by atoms with Gasteiger partial charge in [-0.1, -0.05) is 29.8 Å². The summed E-state index contributed by atoms with van der Waals surface area (Å²) in [4.78, 5) is 35.3. The molecule has 3 rings (SSSR count). The van der Waals surface area contributed by atoms with Crippen LogP contribution < -0.4 is 0 Å². The first-order chi connectivity index (χ1) is 13.4. The van der Waals surface area contributed by atoms with Crippen molar-refractivity contribution in [3.8, 4) is 0 Å². The average Bonchev–Trinajstić information content (AvgIpc) is 3.34. The molecule has 0 bridgehead atoms. The van der Waals surface area contributed by atoms with Crippen molar-refractivity contribution in [3.05, 3.63) is 59.5 Å². The number of aryl methyl sites for hydroxylation is 1. The molecular weight excluding hydrogens is 360 g/mol. The Morgan fingerprint density at radius 2 is 1.93 bits per heavy atom. The van der Waals surface area contributed by atoms with E-state index in [1.165, 1.54) is 11.9 Å². The molecule has 1 aliphatic heterocycles. The van der Waals surface area contributed by atoms with Crippen LogP contribution in [0.4, 0.5) is 0 Å². The van der Waals surface area contributed by atoms with Crippen LogP contribution in [0, 0.1) is 6.92 Å². The minimum Gasteiger partial charge on any atom is -0.467 e. The Kier molecular flexibility index (Phi) is 6.03. The Morgan fingerprint density at radius 3 is 2.57 bits per heavy atom. The molecule has 0 unspecified atom stereocenters. The van der Waals surface area contributed by atoms with E-state index in [0.717, 1.165) is 16.8 Å². The van der Waals surface area contributed by atoms with E-state index in [4.69, 9.17) is 9.15 Å². The largest absolute Gasteiger partial charge is 0.467 e. The summed E-state index contributed by atoms with van der Waals surface area (Å²) in [6.07, 6.45) is 2.10. The number of furan rings is 1. The van der Waals surface area contributed by atoms with Crippen molar-refractivity contribution in [1.82, 2.24) is 5.01 Å². The quantitative estimate of drug-likeness (QED) is 0.686. The van der Waals surface area contributed by atoms with Crippen LogP contribution in [0.2, 0.25) is 0 Å². The number of hydrogen-bond acceptors (Lipinski definition) is 6. The van der Waals surface area contributed by atoms with E-state index in [0.29, 0.717) is 12.2 Å². The van der Waals surface area contributed by atoms with Gasteiger partial charge in [0, 0.05) is 12.8 Å². The summed E-state index contributed by atoms with van der Waals surface area (Å²) in [7, 11) is 0. The zero-order valence-corrected chi connectivity index (χ0v) is 15.9. The summed E-state index contributed by atoms with van der Waals surface area (Å²) in [6.45, 7) is 2.97. The van der Waals surface area contributed by atoms with Crippen LogP contribution in [-0.2, 0) is 19.1 Å². The number of esters is 1. The molecule has 28 heavy (non-hydrogen) atoms. The third-order valence-corrected chi connectivity index (χ3v) is 4.46. The number of carbonyl (C=O) groups excluding carboxylic acids is 3. The number of carbonyl (C=O) groups is 3. The van der Waals surface area contributed by atoms with Gasteiger partial charge in [0.2, 0.25) is 0 Å². The van der Waals surface area contributed by atoms with Crippen LogP contribution in [0.3, 0.4) is 0 Å². The van der Waals surface area contributed by atoms with Crippen LogP contribution in [0.5, 0.6) is 0 Å². The van der Waals surface area contributed by atoms with E-state index < -0.39 is 24.5 Å². The molecule has 7 heteroatoms. The Bertz CT molecular complexity index is 884. The molecule has 0 saturated carbocycles. The molecule has 0 saturated heterocycles. The number of amides is 1. The first-order valence-electron chi connectivity index (χ1n) is 9.09. The standard InChI is InChI=1S/C21H22N2O5/c1-14-5-8-16(9-6-14)17-12-18(19-4-3-11-27-19)23(22-17)20(25)13-28-21(26)10-7-15(2)24/h3-6,8-9,11,18H,7,10,12-13H2,1-2H3/t18-/m1/s1. The number of hydrazone groups is 1. The van der Waals surface area contributed by atoms with E-state index in [1.807, 2.05) is 31.2 Å². The smallest absolute Gasteiger partial charge is 0.306 e. The topological polar surface area (TPSA) is 89.2 Å². The summed E-state index contributed by atoms with van der Waals surface area (Å²) in [5, 5.41) is 5.78. The van der Waals surface area contributed by atoms with Crippen molar-refractivity contribution in [2.75, 3.05) is 6.61 Å². The predicted molar refractivity (Wildman–Crippen MR) is 102 cm³/mol. The lowest BCUT2D eigenvalue weighted by molar-refractivity contribution is -0.153. The zero-order chi connectivity index (χ0) is 20.1. The normalized spacial score (nSPS) is 16.0. The molecule has 0 spiro atoms. The lowest BCUT2D eigenvalue weighted by Gasteiger charge is -2.19. The molecular formula is C21H22N2O5. The van der Waals surface area contributed by atoms with E-state index in [1.54, 1.807) is 18.4 Å². The van der Waals surface area contributed by atoms with Crippen LogP contribution in [-0.4, -0.2) is 35.0 Å². The molecule has 0 fully saturated rings. The van der Waals surface area contributed by atoms with Crippen molar-refractivity contribution < 1.29 is 23.5 Å². The number of benzene rings is 1. The maximum atomic E-state index is 12.7. The number of ketones is 1. The van der Waals surface area contributed by atoms with Crippen molar-refractivity contribution in [2.45, 2.75) is 39.2 Å². The molecule has 2 heterocycles. The Morgan fingerprint density at radius 1 is 1.18 bits per heavy atom. The maximum Gasteiger partial charge on any atom is 0.306 e. The summed E-state index contributed by atoms with van der Waals surface area (Å²) in [5.74, 6) is -0.519. The van der Waals surface area contributed by atoms with Crippen LogP contribution in [0.25, 0.3) is 0 Å². The Labute approximate surface area is 163 Å². The van der Waals surface area contributed by atoms with E-state index >= 15 is 0 Å². The van der Waals surface area contributed by atoms with Gasteiger partial charge in [-0.3, -0.25) is 9.59 Å². The molecule has 7 nitrogen and oxygen atoms in total. The highest BCUT2D eigenvalue weighted by Gasteiger charge is 2.35. The number of rotatable bonds is 7. The predicted octanol–water partition coefficient (Wildman–Crippen LogP) is 3.18. The van der Waals surface area contributed by atoms with Gasteiger partial charge in [0.1, 0.15) is 17.6 Å². The van der Waals surface area contributed by atoms with Gasteiger partial charge in [-0.05, 0) is 31.5 Å². The lowest BCUT2D eigenvalue weighted by atomic mass is 10.0. The number of hydrogen-bond donors (Lipinski definition) is 0. The molecule has 0 N–H and O–H groups in total. The number of Topliss-reactive ketones (excluding diaryl/α,β-unsaturated/α-hetero) is 1. The second kappa shape index (κ2) is 8.65. The van der Waals surface area contributed by atoms with Crippen LogP contribution >= 0.6 is 0 Å². The molecule has 1 aliphatic rings. The summed E-state index contributed by atoms with van der Waals surface area (Å²) < 4.78 is 10.5. The molecule has 0 aliphatic carbocycles. The molecule has 0 radical (unpaired) electrons. The van der Waals surface area contributed by atoms with Gasteiger partial charge in [-0.15, -0.1) is 0 Å². The highest BCUT2D eigenvalue weighted by molar-refractivity contribution is 6.03.